The van der Waals surface area contributed by atoms with Crippen molar-refractivity contribution in [2.75, 3.05) is 7.11 Å². The molecule has 0 fully saturated rings. The SMILES string of the molecule is COC(=O)C(O)c1ncccc1C(F)(F)F. The van der Waals surface area contributed by atoms with Crippen molar-refractivity contribution in [1.82, 2.24) is 4.98 Å². The standard InChI is InChI=1S/C9H8F3NO3/c1-16-8(15)7(14)6-5(9(10,11)12)3-2-4-13-6/h2-4,7,14H,1H3. The van der Waals surface area contributed by atoms with E-state index in [1.54, 1.807) is 0 Å². The first-order chi connectivity index (χ1) is 7.38. The summed E-state index contributed by atoms with van der Waals surface area (Å²) in [4.78, 5) is 14.3. The Morgan fingerprint density at radius 1 is 1.56 bits per heavy atom. The van der Waals surface area contributed by atoms with Gasteiger partial charge in [-0.2, -0.15) is 13.2 Å². The zero-order valence-corrected chi connectivity index (χ0v) is 8.15. The fraction of sp³-hybridized carbons (Fsp3) is 0.333. The molecule has 1 N–H and O–H groups in total. The number of halogens is 3. The first-order valence-corrected chi connectivity index (χ1v) is 4.16. The van der Waals surface area contributed by atoms with Gasteiger partial charge in [0, 0.05) is 6.20 Å². The molecule has 1 unspecified atom stereocenters. The number of carbonyl (C=O) groups excluding carboxylic acids is 1. The number of aliphatic hydroxyl groups excluding tert-OH is 1. The molecule has 1 heterocycles. The largest absolute Gasteiger partial charge is 0.467 e. The van der Waals surface area contributed by atoms with Crippen LogP contribution < -0.4 is 0 Å². The summed E-state index contributed by atoms with van der Waals surface area (Å²) >= 11 is 0. The number of hydrogen-bond donors (Lipinski definition) is 1. The van der Waals surface area contributed by atoms with E-state index in [9.17, 15) is 23.1 Å². The number of alkyl halides is 3. The summed E-state index contributed by atoms with van der Waals surface area (Å²) in [6.07, 6.45) is -5.67. The predicted octanol–water partition coefficient (Wildman–Crippen LogP) is 1.31. The molecule has 0 spiro atoms. The number of carbonyl (C=O) groups is 1. The van der Waals surface area contributed by atoms with Gasteiger partial charge in [0.05, 0.1) is 18.4 Å². The highest BCUT2D eigenvalue weighted by molar-refractivity contribution is 5.75. The van der Waals surface area contributed by atoms with Crippen molar-refractivity contribution in [2.24, 2.45) is 0 Å². The molecule has 0 bridgehead atoms. The third-order valence-electron chi connectivity index (χ3n) is 1.83. The number of nitrogens with zero attached hydrogens (tertiary/aromatic N) is 1. The van der Waals surface area contributed by atoms with Crippen LogP contribution in [0.3, 0.4) is 0 Å². The number of rotatable bonds is 2. The number of ether oxygens (including phenoxy) is 1. The molecule has 0 aliphatic rings. The summed E-state index contributed by atoms with van der Waals surface area (Å²) in [5.41, 5.74) is -1.92. The Balaban J connectivity index is 3.19. The van der Waals surface area contributed by atoms with Gasteiger partial charge < -0.3 is 9.84 Å². The van der Waals surface area contributed by atoms with Crippen LogP contribution in [0.15, 0.2) is 18.3 Å². The Hall–Kier alpha value is -1.63. The molecule has 88 valence electrons. The number of hydrogen-bond acceptors (Lipinski definition) is 4. The van der Waals surface area contributed by atoms with Crippen LogP contribution in [-0.4, -0.2) is 23.2 Å². The average molecular weight is 235 g/mol. The highest BCUT2D eigenvalue weighted by Crippen LogP contribution is 2.33. The number of esters is 1. The Labute approximate surface area is 88.7 Å². The van der Waals surface area contributed by atoms with Gasteiger partial charge in [-0.05, 0) is 12.1 Å². The van der Waals surface area contributed by atoms with Gasteiger partial charge in [0.2, 0.25) is 0 Å². The number of aromatic nitrogens is 1. The van der Waals surface area contributed by atoms with Gasteiger partial charge in [-0.1, -0.05) is 0 Å². The summed E-state index contributed by atoms with van der Waals surface area (Å²) in [5, 5.41) is 9.30. The second-order valence-electron chi connectivity index (χ2n) is 2.86. The van der Waals surface area contributed by atoms with Crippen molar-refractivity contribution in [3.63, 3.8) is 0 Å². The van der Waals surface area contributed by atoms with Crippen molar-refractivity contribution >= 4 is 5.97 Å². The minimum Gasteiger partial charge on any atom is -0.467 e. The van der Waals surface area contributed by atoms with Gasteiger partial charge in [-0.25, -0.2) is 4.79 Å². The minimum absolute atomic E-state index is 0.731. The van der Waals surface area contributed by atoms with Crippen molar-refractivity contribution in [3.05, 3.63) is 29.6 Å². The molecule has 0 amide bonds. The van der Waals surface area contributed by atoms with Crippen LogP contribution in [-0.2, 0) is 15.7 Å². The fourth-order valence-corrected chi connectivity index (χ4v) is 1.10. The first kappa shape index (κ1) is 12.4. The van der Waals surface area contributed by atoms with Crippen LogP contribution in [0.25, 0.3) is 0 Å². The van der Waals surface area contributed by atoms with E-state index in [1.165, 1.54) is 0 Å². The van der Waals surface area contributed by atoms with E-state index in [0.29, 0.717) is 0 Å². The zero-order chi connectivity index (χ0) is 12.3. The quantitative estimate of drug-likeness (QED) is 0.785. The molecule has 16 heavy (non-hydrogen) atoms. The monoisotopic (exact) mass is 235 g/mol. The lowest BCUT2D eigenvalue weighted by Crippen LogP contribution is -2.20. The zero-order valence-electron chi connectivity index (χ0n) is 8.15. The lowest BCUT2D eigenvalue weighted by Gasteiger charge is -2.14. The third-order valence-corrected chi connectivity index (χ3v) is 1.83. The van der Waals surface area contributed by atoms with Gasteiger partial charge in [0.25, 0.3) is 0 Å². The van der Waals surface area contributed by atoms with Crippen molar-refractivity contribution in [3.8, 4) is 0 Å². The highest BCUT2D eigenvalue weighted by Gasteiger charge is 2.37. The number of aliphatic hydroxyl groups is 1. The lowest BCUT2D eigenvalue weighted by atomic mass is 10.1. The molecule has 0 radical (unpaired) electrons. The lowest BCUT2D eigenvalue weighted by molar-refractivity contribution is -0.153. The summed E-state index contributed by atoms with van der Waals surface area (Å²) in [5.74, 6) is -1.19. The molecule has 1 atom stereocenters. The van der Waals surface area contributed by atoms with Gasteiger partial charge in [-0.15, -0.1) is 0 Å². The molecule has 0 aliphatic carbocycles. The van der Waals surface area contributed by atoms with E-state index in [0.717, 1.165) is 25.4 Å². The van der Waals surface area contributed by atoms with Crippen LogP contribution in [0, 0.1) is 0 Å². The molecule has 4 nitrogen and oxygen atoms in total. The molecular weight excluding hydrogens is 227 g/mol. The Bertz CT molecular complexity index is 392. The maximum atomic E-state index is 12.5. The van der Waals surface area contributed by atoms with Crippen molar-refractivity contribution < 1.29 is 27.8 Å². The summed E-state index contributed by atoms with van der Waals surface area (Å²) in [6.45, 7) is 0. The van der Waals surface area contributed by atoms with E-state index in [1.807, 2.05) is 0 Å². The maximum absolute atomic E-state index is 12.5. The molecule has 0 saturated heterocycles. The Morgan fingerprint density at radius 3 is 2.69 bits per heavy atom. The molecular formula is C9H8F3NO3. The van der Waals surface area contributed by atoms with E-state index >= 15 is 0 Å². The minimum atomic E-state index is -4.68. The van der Waals surface area contributed by atoms with Gasteiger partial charge >= 0.3 is 12.1 Å². The second-order valence-corrected chi connectivity index (χ2v) is 2.86. The Morgan fingerprint density at radius 2 is 2.19 bits per heavy atom. The summed E-state index contributed by atoms with van der Waals surface area (Å²) in [7, 11) is 0.960. The number of methoxy groups -OCH3 is 1. The molecule has 0 aromatic carbocycles. The van der Waals surface area contributed by atoms with E-state index in [2.05, 4.69) is 9.72 Å². The summed E-state index contributed by atoms with van der Waals surface area (Å²) in [6, 6.07) is 1.80. The van der Waals surface area contributed by atoms with Crippen LogP contribution in [0.4, 0.5) is 13.2 Å². The molecule has 7 heteroatoms. The summed E-state index contributed by atoms with van der Waals surface area (Å²) < 4.78 is 41.6. The number of pyridine rings is 1. The van der Waals surface area contributed by atoms with Crippen LogP contribution in [0.1, 0.15) is 17.4 Å². The molecule has 0 saturated carbocycles. The predicted molar refractivity (Wildman–Crippen MR) is 46.2 cm³/mol. The van der Waals surface area contributed by atoms with E-state index < -0.39 is 29.5 Å². The van der Waals surface area contributed by atoms with Crippen LogP contribution in [0.5, 0.6) is 0 Å². The van der Waals surface area contributed by atoms with Crippen LogP contribution >= 0.6 is 0 Å². The fourth-order valence-electron chi connectivity index (χ4n) is 1.10. The smallest absolute Gasteiger partial charge is 0.418 e. The third kappa shape index (κ3) is 2.48. The highest BCUT2D eigenvalue weighted by atomic mass is 19.4. The van der Waals surface area contributed by atoms with Crippen molar-refractivity contribution in [2.45, 2.75) is 12.3 Å². The van der Waals surface area contributed by atoms with Gasteiger partial charge in [0.15, 0.2) is 6.10 Å². The second kappa shape index (κ2) is 4.48. The molecule has 1 rings (SSSR count). The van der Waals surface area contributed by atoms with E-state index in [-0.39, 0.29) is 0 Å². The van der Waals surface area contributed by atoms with Crippen molar-refractivity contribution in [1.29, 1.82) is 0 Å². The van der Waals surface area contributed by atoms with Gasteiger partial charge in [-0.3, -0.25) is 4.98 Å². The average Bonchev–Trinajstić information content (AvgIpc) is 2.26. The van der Waals surface area contributed by atoms with Gasteiger partial charge in [0.1, 0.15) is 0 Å². The van der Waals surface area contributed by atoms with E-state index in [4.69, 9.17) is 0 Å². The topological polar surface area (TPSA) is 59.4 Å². The molecule has 1 aromatic heterocycles. The first-order valence-electron chi connectivity index (χ1n) is 4.16. The molecule has 0 aliphatic heterocycles. The normalized spacial score (nSPS) is 13.3. The Kier molecular flexibility index (Phi) is 3.48. The molecule has 1 aromatic rings. The van der Waals surface area contributed by atoms with Crippen LogP contribution in [0.2, 0.25) is 0 Å². The maximum Gasteiger partial charge on any atom is 0.418 e.